The van der Waals surface area contributed by atoms with E-state index in [9.17, 15) is 9.90 Å². The van der Waals surface area contributed by atoms with E-state index in [1.165, 1.54) is 0 Å². The second-order valence-corrected chi connectivity index (χ2v) is 6.09. The summed E-state index contributed by atoms with van der Waals surface area (Å²) in [6, 6.07) is 15.8. The number of primary amides is 1. The highest BCUT2D eigenvalue weighted by Gasteiger charge is 2.33. The summed E-state index contributed by atoms with van der Waals surface area (Å²) in [4.78, 5) is 16.7. The molecule has 2 aromatic carbocycles. The molecule has 1 aromatic heterocycles. The highest BCUT2D eigenvalue weighted by Crippen LogP contribution is 2.35. The predicted octanol–water partition coefficient (Wildman–Crippen LogP) is 2.42. The molecule has 0 aliphatic carbocycles. The van der Waals surface area contributed by atoms with E-state index in [1.54, 1.807) is 35.9 Å². The number of carbonyl (C=O) groups excluding carboxylic acids is 1. The standard InChI is InChI=1S/C19H17N5O2/c1-11-15(17(20)26)16(12-5-3-2-4-6-12)24-19(21-11)22-18(23-24)13-7-9-14(25)10-8-13/h2-10,16,25H,1H3,(H2,20,26)(H,21,22,23). The van der Waals surface area contributed by atoms with E-state index >= 15 is 0 Å². The number of phenols is 1. The summed E-state index contributed by atoms with van der Waals surface area (Å²) < 4.78 is 1.67. The number of rotatable bonds is 3. The number of nitrogens with two attached hydrogens (primary N) is 1. The van der Waals surface area contributed by atoms with Crippen LogP contribution in [0.15, 0.2) is 65.9 Å². The smallest absolute Gasteiger partial charge is 0.248 e. The number of amides is 1. The molecule has 1 aliphatic rings. The Labute approximate surface area is 149 Å². The van der Waals surface area contributed by atoms with Crippen molar-refractivity contribution < 1.29 is 9.90 Å². The molecule has 0 saturated carbocycles. The highest BCUT2D eigenvalue weighted by atomic mass is 16.3. The summed E-state index contributed by atoms with van der Waals surface area (Å²) >= 11 is 0. The molecule has 2 heterocycles. The van der Waals surface area contributed by atoms with Crippen molar-refractivity contribution in [3.8, 4) is 17.1 Å². The summed E-state index contributed by atoms with van der Waals surface area (Å²) in [5.74, 6) is 0.694. The van der Waals surface area contributed by atoms with Crippen LogP contribution < -0.4 is 11.1 Å². The van der Waals surface area contributed by atoms with E-state index in [0.717, 1.165) is 11.1 Å². The van der Waals surface area contributed by atoms with Gasteiger partial charge in [0.15, 0.2) is 5.82 Å². The first-order valence-electron chi connectivity index (χ1n) is 8.13. The maximum absolute atomic E-state index is 12.1. The first kappa shape index (κ1) is 15.9. The van der Waals surface area contributed by atoms with E-state index in [-0.39, 0.29) is 5.75 Å². The highest BCUT2D eigenvalue weighted by molar-refractivity contribution is 5.95. The van der Waals surface area contributed by atoms with Crippen molar-refractivity contribution in [2.75, 3.05) is 5.32 Å². The van der Waals surface area contributed by atoms with E-state index < -0.39 is 11.9 Å². The van der Waals surface area contributed by atoms with Crippen molar-refractivity contribution in [1.29, 1.82) is 0 Å². The molecule has 1 aliphatic heterocycles. The van der Waals surface area contributed by atoms with Gasteiger partial charge in [0.05, 0.1) is 5.57 Å². The molecule has 7 heteroatoms. The molecular formula is C19H17N5O2. The summed E-state index contributed by atoms with van der Waals surface area (Å²) in [5.41, 5.74) is 8.41. The number of hydrogen-bond acceptors (Lipinski definition) is 5. The minimum atomic E-state index is -0.504. The minimum absolute atomic E-state index is 0.173. The third-order valence-electron chi connectivity index (χ3n) is 4.36. The first-order chi connectivity index (χ1) is 12.5. The fraction of sp³-hybridized carbons (Fsp3) is 0.105. The molecule has 3 aromatic rings. The number of aromatic hydroxyl groups is 1. The van der Waals surface area contributed by atoms with Crippen LogP contribution in [0.2, 0.25) is 0 Å². The van der Waals surface area contributed by atoms with Gasteiger partial charge in [0.2, 0.25) is 11.9 Å². The normalized spacial score (nSPS) is 16.1. The van der Waals surface area contributed by atoms with Gasteiger partial charge in [-0.1, -0.05) is 30.3 Å². The quantitative estimate of drug-likeness (QED) is 0.675. The van der Waals surface area contributed by atoms with Crippen LogP contribution in [0.5, 0.6) is 5.75 Å². The molecule has 1 unspecified atom stereocenters. The van der Waals surface area contributed by atoms with Crippen molar-refractivity contribution in [3.63, 3.8) is 0 Å². The van der Waals surface area contributed by atoms with Gasteiger partial charge in [0.1, 0.15) is 11.8 Å². The Bertz CT molecular complexity index is 1010. The van der Waals surface area contributed by atoms with Crippen molar-refractivity contribution in [1.82, 2.24) is 14.8 Å². The molecule has 7 nitrogen and oxygen atoms in total. The summed E-state index contributed by atoms with van der Waals surface area (Å²) in [5, 5.41) is 17.2. The van der Waals surface area contributed by atoms with E-state index in [1.807, 2.05) is 30.3 Å². The average Bonchev–Trinajstić information content (AvgIpc) is 3.05. The zero-order chi connectivity index (χ0) is 18.3. The Hall–Kier alpha value is -3.61. The summed E-state index contributed by atoms with van der Waals surface area (Å²) in [6.07, 6.45) is 0. The van der Waals surface area contributed by atoms with Crippen LogP contribution in [0.1, 0.15) is 18.5 Å². The lowest BCUT2D eigenvalue weighted by Gasteiger charge is -2.27. The molecule has 130 valence electrons. The topological polar surface area (TPSA) is 106 Å². The molecule has 4 N–H and O–H groups in total. The average molecular weight is 347 g/mol. The van der Waals surface area contributed by atoms with Crippen LogP contribution in [0.4, 0.5) is 5.95 Å². The minimum Gasteiger partial charge on any atom is -0.508 e. The number of nitrogens with zero attached hydrogens (tertiary/aromatic N) is 3. The number of fused-ring (bicyclic) bond motifs is 1. The fourth-order valence-corrected chi connectivity index (χ4v) is 3.15. The van der Waals surface area contributed by atoms with Crippen molar-refractivity contribution in [2.24, 2.45) is 5.73 Å². The van der Waals surface area contributed by atoms with Crippen molar-refractivity contribution in [3.05, 3.63) is 71.4 Å². The molecule has 0 bridgehead atoms. The van der Waals surface area contributed by atoms with E-state index in [4.69, 9.17) is 5.73 Å². The van der Waals surface area contributed by atoms with Crippen molar-refractivity contribution in [2.45, 2.75) is 13.0 Å². The molecule has 4 rings (SSSR count). The number of carbonyl (C=O) groups is 1. The second kappa shape index (κ2) is 6.03. The van der Waals surface area contributed by atoms with Gasteiger partial charge < -0.3 is 16.2 Å². The number of nitrogens with one attached hydrogen (secondary N) is 1. The lowest BCUT2D eigenvalue weighted by molar-refractivity contribution is -0.115. The number of phenolic OH excluding ortho intramolecular Hbond substituents is 1. The summed E-state index contributed by atoms with van der Waals surface area (Å²) in [6.45, 7) is 1.80. The predicted molar refractivity (Wildman–Crippen MR) is 97.2 cm³/mol. The molecule has 1 atom stereocenters. The number of aromatic nitrogens is 3. The van der Waals surface area contributed by atoms with Crippen LogP contribution in [0.3, 0.4) is 0 Å². The SMILES string of the molecule is CC1=C(C(N)=O)C(c2ccccc2)n2nc(-c3ccc(O)cc3)nc2N1. The van der Waals surface area contributed by atoms with Gasteiger partial charge >= 0.3 is 0 Å². The van der Waals surface area contributed by atoms with Gasteiger partial charge in [-0.25, -0.2) is 4.68 Å². The Morgan fingerprint density at radius 2 is 1.85 bits per heavy atom. The lowest BCUT2D eigenvalue weighted by Crippen LogP contribution is -2.31. The Morgan fingerprint density at radius 1 is 1.15 bits per heavy atom. The molecule has 0 spiro atoms. The van der Waals surface area contributed by atoms with Crippen LogP contribution in [0.25, 0.3) is 11.4 Å². The Morgan fingerprint density at radius 3 is 2.50 bits per heavy atom. The zero-order valence-corrected chi connectivity index (χ0v) is 14.0. The molecule has 1 amide bonds. The van der Waals surface area contributed by atoms with Gasteiger partial charge in [-0.05, 0) is 36.8 Å². The summed E-state index contributed by atoms with van der Waals surface area (Å²) in [7, 11) is 0. The van der Waals surface area contributed by atoms with Crippen molar-refractivity contribution >= 4 is 11.9 Å². The van der Waals surface area contributed by atoms with E-state index in [0.29, 0.717) is 23.0 Å². The Balaban J connectivity index is 1.87. The van der Waals surface area contributed by atoms with Gasteiger partial charge in [-0.2, -0.15) is 4.98 Å². The van der Waals surface area contributed by atoms with Crippen LogP contribution in [-0.2, 0) is 4.79 Å². The lowest BCUT2D eigenvalue weighted by atomic mass is 9.95. The van der Waals surface area contributed by atoms with Gasteiger partial charge in [0.25, 0.3) is 0 Å². The third-order valence-corrected chi connectivity index (χ3v) is 4.36. The molecule has 0 radical (unpaired) electrons. The Kier molecular flexibility index (Phi) is 3.69. The maximum Gasteiger partial charge on any atom is 0.248 e. The van der Waals surface area contributed by atoms with Gasteiger partial charge in [-0.15, -0.1) is 5.10 Å². The third kappa shape index (κ3) is 2.59. The number of anilines is 1. The molecular weight excluding hydrogens is 330 g/mol. The number of hydrogen-bond donors (Lipinski definition) is 3. The molecule has 26 heavy (non-hydrogen) atoms. The second-order valence-electron chi connectivity index (χ2n) is 6.09. The number of benzene rings is 2. The number of allylic oxidation sites excluding steroid dienone is 1. The maximum atomic E-state index is 12.1. The molecule has 0 saturated heterocycles. The first-order valence-corrected chi connectivity index (χ1v) is 8.13. The fourth-order valence-electron chi connectivity index (χ4n) is 3.15. The monoisotopic (exact) mass is 347 g/mol. The zero-order valence-electron chi connectivity index (χ0n) is 14.0. The van der Waals surface area contributed by atoms with Gasteiger partial charge in [-0.3, -0.25) is 4.79 Å². The largest absolute Gasteiger partial charge is 0.508 e. The van der Waals surface area contributed by atoms with Crippen LogP contribution in [-0.4, -0.2) is 25.8 Å². The van der Waals surface area contributed by atoms with Crippen LogP contribution in [0, 0.1) is 0 Å². The van der Waals surface area contributed by atoms with E-state index in [2.05, 4.69) is 15.4 Å². The molecule has 0 fully saturated rings. The van der Waals surface area contributed by atoms with Crippen LogP contribution >= 0.6 is 0 Å². The van der Waals surface area contributed by atoms with Gasteiger partial charge in [0, 0.05) is 11.3 Å².